The molecular formula is C13H15N3O4. The number of aromatic nitrogens is 1. The van der Waals surface area contributed by atoms with E-state index in [9.17, 15) is 14.4 Å². The van der Waals surface area contributed by atoms with Gasteiger partial charge in [-0.2, -0.15) is 0 Å². The number of carbonyl (C=O) groups excluding carboxylic acids is 2. The predicted octanol–water partition coefficient (Wildman–Crippen LogP) is 0.173. The second-order valence-corrected chi connectivity index (χ2v) is 4.62. The van der Waals surface area contributed by atoms with Crippen molar-refractivity contribution in [3.8, 4) is 0 Å². The smallest absolute Gasteiger partial charge is 0.328 e. The molecule has 0 saturated carbocycles. The van der Waals surface area contributed by atoms with Crippen LogP contribution in [-0.4, -0.2) is 33.4 Å². The molecule has 0 aromatic carbocycles. The second kappa shape index (κ2) is 5.96. The van der Waals surface area contributed by atoms with Crippen molar-refractivity contribution in [1.29, 1.82) is 0 Å². The number of hydrogen-bond acceptors (Lipinski definition) is 4. The Labute approximate surface area is 115 Å². The zero-order chi connectivity index (χ0) is 15.3. The summed E-state index contributed by atoms with van der Waals surface area (Å²) in [6.07, 6.45) is 4.97. The van der Waals surface area contributed by atoms with Gasteiger partial charge in [-0.15, -0.1) is 0 Å². The van der Waals surface area contributed by atoms with Gasteiger partial charge in [-0.25, -0.2) is 4.79 Å². The molecule has 0 aliphatic carbocycles. The molecule has 20 heavy (non-hydrogen) atoms. The fourth-order valence-electron chi connectivity index (χ4n) is 1.26. The van der Waals surface area contributed by atoms with E-state index in [0.29, 0.717) is 5.56 Å². The minimum absolute atomic E-state index is 0.201. The van der Waals surface area contributed by atoms with Gasteiger partial charge in [0.1, 0.15) is 5.54 Å². The molecule has 106 valence electrons. The van der Waals surface area contributed by atoms with E-state index < -0.39 is 23.3 Å². The number of pyridine rings is 1. The van der Waals surface area contributed by atoms with E-state index in [1.54, 1.807) is 0 Å². The van der Waals surface area contributed by atoms with E-state index in [0.717, 1.165) is 6.08 Å². The Hall–Kier alpha value is -2.70. The topological polar surface area (TPSA) is 122 Å². The number of rotatable bonds is 5. The molecule has 7 heteroatoms. The molecule has 0 unspecified atom stereocenters. The van der Waals surface area contributed by atoms with Crippen molar-refractivity contribution in [2.45, 2.75) is 19.4 Å². The number of amides is 2. The van der Waals surface area contributed by atoms with E-state index in [1.165, 1.54) is 38.4 Å². The highest BCUT2D eigenvalue weighted by Crippen LogP contribution is 2.08. The van der Waals surface area contributed by atoms with Crippen LogP contribution in [-0.2, 0) is 9.59 Å². The number of carbonyl (C=O) groups is 3. The number of aliphatic carboxylic acids is 1. The van der Waals surface area contributed by atoms with Crippen LogP contribution in [0.25, 0.3) is 6.08 Å². The molecule has 2 amide bonds. The van der Waals surface area contributed by atoms with Crippen LogP contribution in [0.3, 0.4) is 0 Å². The van der Waals surface area contributed by atoms with Gasteiger partial charge in [0, 0.05) is 18.5 Å². The summed E-state index contributed by atoms with van der Waals surface area (Å²) in [5.74, 6) is -2.29. The highest BCUT2D eigenvalue weighted by atomic mass is 16.4. The lowest BCUT2D eigenvalue weighted by Gasteiger charge is -2.22. The number of hydrogen-bond donors (Lipinski definition) is 3. The molecule has 7 nitrogen and oxygen atoms in total. The fourth-order valence-corrected chi connectivity index (χ4v) is 1.26. The molecule has 1 rings (SSSR count). The maximum atomic E-state index is 12.0. The van der Waals surface area contributed by atoms with Crippen molar-refractivity contribution in [2.24, 2.45) is 5.73 Å². The minimum Gasteiger partial charge on any atom is -0.478 e. The highest BCUT2D eigenvalue weighted by molar-refractivity contribution is 5.98. The third-order valence-electron chi connectivity index (χ3n) is 2.48. The maximum absolute atomic E-state index is 12.0. The molecule has 0 aliphatic heterocycles. The first-order valence-corrected chi connectivity index (χ1v) is 5.71. The molecule has 0 spiro atoms. The molecule has 4 N–H and O–H groups in total. The minimum atomic E-state index is -1.19. The van der Waals surface area contributed by atoms with Crippen molar-refractivity contribution in [3.63, 3.8) is 0 Å². The van der Waals surface area contributed by atoms with E-state index in [1.807, 2.05) is 0 Å². The summed E-state index contributed by atoms with van der Waals surface area (Å²) in [6.45, 7) is 2.96. The number of nitrogens with two attached hydrogens (primary N) is 1. The Balaban J connectivity index is 2.92. The predicted molar refractivity (Wildman–Crippen MR) is 71.6 cm³/mol. The molecule has 1 aromatic rings. The van der Waals surface area contributed by atoms with Crippen molar-refractivity contribution in [2.75, 3.05) is 0 Å². The van der Waals surface area contributed by atoms with Crippen LogP contribution in [0.1, 0.15) is 29.8 Å². The number of nitrogens with one attached hydrogen (secondary N) is 1. The van der Waals surface area contributed by atoms with E-state index in [2.05, 4.69) is 10.3 Å². The lowest BCUT2D eigenvalue weighted by Crippen LogP contribution is -2.53. The Morgan fingerprint density at radius 2 is 2.00 bits per heavy atom. The largest absolute Gasteiger partial charge is 0.478 e. The number of carboxylic acid groups (broad SMARTS) is 1. The van der Waals surface area contributed by atoms with Gasteiger partial charge in [-0.1, -0.05) is 0 Å². The van der Waals surface area contributed by atoms with Gasteiger partial charge in [0.2, 0.25) is 5.91 Å². The van der Waals surface area contributed by atoms with Crippen LogP contribution in [0.5, 0.6) is 0 Å². The Morgan fingerprint density at radius 1 is 1.35 bits per heavy atom. The van der Waals surface area contributed by atoms with Crippen molar-refractivity contribution in [3.05, 3.63) is 35.7 Å². The summed E-state index contributed by atoms with van der Waals surface area (Å²) in [5.41, 5.74) is 4.63. The lowest BCUT2D eigenvalue weighted by atomic mass is 10.0. The SMILES string of the molecule is CC(C)(NC(=O)c1cncc(C=CC(=O)O)c1)C(N)=O. The van der Waals surface area contributed by atoms with Gasteiger partial charge in [-0.05, 0) is 31.6 Å². The quantitative estimate of drug-likeness (QED) is 0.662. The maximum Gasteiger partial charge on any atom is 0.328 e. The average Bonchev–Trinajstić information content (AvgIpc) is 2.36. The summed E-state index contributed by atoms with van der Waals surface area (Å²) in [6, 6.07) is 1.46. The fraction of sp³-hybridized carbons (Fsp3) is 0.231. The standard InChI is InChI=1S/C13H15N3O4/c1-13(2,12(14)20)16-11(19)9-5-8(6-15-7-9)3-4-10(17)18/h3-7H,1-2H3,(H2,14,20)(H,16,19)(H,17,18). The monoisotopic (exact) mass is 277 g/mol. The molecule has 0 fully saturated rings. The molecule has 1 aromatic heterocycles. The van der Waals surface area contributed by atoms with E-state index in [4.69, 9.17) is 10.8 Å². The first kappa shape index (κ1) is 15.4. The summed E-state index contributed by atoms with van der Waals surface area (Å²) in [7, 11) is 0. The van der Waals surface area contributed by atoms with Crippen molar-refractivity contribution >= 4 is 23.9 Å². The lowest BCUT2D eigenvalue weighted by molar-refractivity contribution is -0.131. The molecule has 0 saturated heterocycles. The van der Waals surface area contributed by atoms with Gasteiger partial charge in [0.15, 0.2) is 0 Å². The Morgan fingerprint density at radius 3 is 2.55 bits per heavy atom. The van der Waals surface area contributed by atoms with Crippen molar-refractivity contribution < 1.29 is 19.5 Å². The summed E-state index contributed by atoms with van der Waals surface area (Å²) >= 11 is 0. The van der Waals surface area contributed by atoms with E-state index >= 15 is 0 Å². The molecular weight excluding hydrogens is 262 g/mol. The van der Waals surface area contributed by atoms with Crippen LogP contribution < -0.4 is 11.1 Å². The Kier molecular flexibility index (Phi) is 4.58. The van der Waals surface area contributed by atoms with Crippen molar-refractivity contribution in [1.82, 2.24) is 10.3 Å². The summed E-state index contributed by atoms with van der Waals surface area (Å²) in [4.78, 5) is 37.4. The second-order valence-electron chi connectivity index (χ2n) is 4.62. The van der Waals surface area contributed by atoms with Gasteiger partial charge >= 0.3 is 5.97 Å². The molecule has 1 heterocycles. The number of primary amides is 1. The van der Waals surface area contributed by atoms with E-state index in [-0.39, 0.29) is 5.56 Å². The zero-order valence-electron chi connectivity index (χ0n) is 11.1. The van der Waals surface area contributed by atoms with Gasteiger partial charge in [0.25, 0.3) is 5.91 Å². The molecule has 0 radical (unpaired) electrons. The van der Waals surface area contributed by atoms with Gasteiger partial charge in [-0.3, -0.25) is 14.6 Å². The summed E-state index contributed by atoms with van der Waals surface area (Å²) < 4.78 is 0. The first-order chi connectivity index (χ1) is 9.22. The number of nitrogens with zero attached hydrogens (tertiary/aromatic N) is 1. The first-order valence-electron chi connectivity index (χ1n) is 5.71. The summed E-state index contributed by atoms with van der Waals surface area (Å²) in [5, 5.41) is 11.0. The van der Waals surface area contributed by atoms with Crippen LogP contribution in [0, 0.1) is 0 Å². The van der Waals surface area contributed by atoms with Crippen LogP contribution in [0.4, 0.5) is 0 Å². The van der Waals surface area contributed by atoms with Crippen LogP contribution >= 0.6 is 0 Å². The van der Waals surface area contributed by atoms with Gasteiger partial charge in [0.05, 0.1) is 5.56 Å². The van der Waals surface area contributed by atoms with Crippen LogP contribution in [0.2, 0.25) is 0 Å². The molecule has 0 bridgehead atoms. The third kappa shape index (κ3) is 4.20. The van der Waals surface area contributed by atoms with Crippen LogP contribution in [0.15, 0.2) is 24.5 Å². The highest BCUT2D eigenvalue weighted by Gasteiger charge is 2.27. The molecule has 0 aliphatic rings. The van der Waals surface area contributed by atoms with Gasteiger partial charge < -0.3 is 16.2 Å². The third-order valence-corrected chi connectivity index (χ3v) is 2.48. The average molecular weight is 277 g/mol. The normalized spacial score (nSPS) is 11.3. The molecule has 0 atom stereocenters. The Bertz CT molecular complexity index is 579. The zero-order valence-corrected chi connectivity index (χ0v) is 11.1. The number of carboxylic acids is 1.